The quantitative estimate of drug-likeness (QED) is 0.194. The van der Waals surface area contributed by atoms with E-state index in [9.17, 15) is 0 Å². The first-order valence-corrected chi connectivity index (χ1v) is 1.22. The van der Waals surface area contributed by atoms with Crippen LogP contribution < -0.4 is 69.3 Å². The van der Waals surface area contributed by atoms with E-state index in [1.54, 1.807) is 0 Å². The van der Waals surface area contributed by atoms with Crippen LogP contribution in [-0.4, -0.2) is 12.3 Å². The normalized spacial score (nSPS) is 5.78. The van der Waals surface area contributed by atoms with E-state index >= 15 is 0 Å². The molecule has 0 saturated carbocycles. The van der Waals surface area contributed by atoms with Crippen molar-refractivity contribution in [3.8, 4) is 0 Å². The van der Waals surface area contributed by atoms with Gasteiger partial charge in [0.05, 0.1) is 0 Å². The van der Waals surface area contributed by atoms with E-state index in [0.29, 0.717) is 0 Å². The van der Waals surface area contributed by atoms with E-state index in [2.05, 4.69) is 4.74 Å². The van der Waals surface area contributed by atoms with Gasteiger partial charge in [0.1, 0.15) is 0 Å². The van der Waals surface area contributed by atoms with Crippen molar-refractivity contribution in [3.63, 3.8) is 0 Å². The Morgan fingerprint density at radius 2 is 1.22 bits per heavy atom. The fraction of sp³-hybridized carbons (Fsp3) is 0. The topological polar surface area (TPSA) is 89.5 Å². The van der Waals surface area contributed by atoms with Crippen LogP contribution in [0.2, 0.25) is 0 Å². The average Bonchev–Trinajstić information content (AvgIpc) is 1.27. The molecule has 0 fully saturated rings. The van der Waals surface area contributed by atoms with Crippen molar-refractivity contribution in [2.45, 2.75) is 0 Å². The molecule has 0 amide bonds. The van der Waals surface area contributed by atoms with E-state index in [1.807, 2.05) is 0 Å². The number of carbonyl (C=O) groups is 2. The maximum Gasteiger partial charge on any atom is 1.00 e. The van der Waals surface area contributed by atoms with Crippen molar-refractivity contribution in [3.05, 3.63) is 0 Å². The second-order valence-electron chi connectivity index (χ2n) is 0.602. The average molecular weight is 150 g/mol. The van der Waals surface area contributed by atoms with Crippen molar-refractivity contribution in [2.24, 2.45) is 0 Å². The first-order chi connectivity index (χ1) is 3.13. The Hall–Kier alpha value is 0.740. The molecule has 0 aliphatic rings. The van der Waals surface area contributed by atoms with Crippen molar-refractivity contribution in [2.75, 3.05) is 0 Å². The van der Waals surface area contributed by atoms with Crippen LogP contribution in [0.3, 0.4) is 0 Å². The van der Waals surface area contributed by atoms with Gasteiger partial charge in [-0.15, -0.1) is 0 Å². The summed E-state index contributed by atoms with van der Waals surface area (Å²) in [6.45, 7) is 0. The molecule has 0 atom stereocenters. The molecule has 0 unspecified atom stereocenters. The molecular weight excluding hydrogens is 150 g/mol. The van der Waals surface area contributed by atoms with Crippen molar-refractivity contribution < 1.29 is 83.7 Å². The van der Waals surface area contributed by atoms with Crippen LogP contribution in [0.25, 0.3) is 0 Å². The summed E-state index contributed by atoms with van der Waals surface area (Å²) in [6.07, 6.45) is -4.25. The van der Waals surface area contributed by atoms with E-state index < -0.39 is 12.3 Å². The van der Waals surface area contributed by atoms with Gasteiger partial charge in [0.15, 0.2) is 0 Å². The Labute approximate surface area is 95.0 Å². The van der Waals surface area contributed by atoms with Gasteiger partial charge in [0, 0.05) is 0 Å². The zero-order chi connectivity index (χ0) is 5.86. The molecule has 0 radical (unpaired) electrons. The van der Waals surface area contributed by atoms with Crippen molar-refractivity contribution >= 4 is 12.3 Å². The first kappa shape index (κ1) is 16.4. The zero-order valence-corrected chi connectivity index (χ0v) is 9.04. The summed E-state index contributed by atoms with van der Waals surface area (Å²) in [4.78, 5) is 18.1. The molecule has 0 aromatic rings. The van der Waals surface area contributed by atoms with Crippen molar-refractivity contribution in [1.29, 1.82) is 0 Å². The predicted molar refractivity (Wildman–Crippen MR) is 11.9 cm³/mol. The summed E-state index contributed by atoms with van der Waals surface area (Å²) >= 11 is 0. The zero-order valence-electron chi connectivity index (χ0n) is 5.04. The van der Waals surface area contributed by atoms with Crippen LogP contribution in [0.5, 0.6) is 0 Å². The Balaban J connectivity index is -0.000000180. The third-order valence-electron chi connectivity index (χ3n) is 0.167. The maximum absolute atomic E-state index is 9.06. The van der Waals surface area contributed by atoms with Crippen LogP contribution in [0.4, 0.5) is 9.59 Å². The van der Waals surface area contributed by atoms with Gasteiger partial charge in [-0.1, -0.05) is 0 Å². The maximum atomic E-state index is 9.06. The summed E-state index contributed by atoms with van der Waals surface area (Å²) in [5, 5.41) is 18.1. The van der Waals surface area contributed by atoms with Gasteiger partial charge >= 0.3 is 59.1 Å². The van der Waals surface area contributed by atoms with Gasteiger partial charge in [-0.05, 0) is 0 Å². The number of ether oxygens (including phenoxy) is 1. The second kappa shape index (κ2) is 8.74. The van der Waals surface area contributed by atoms with E-state index in [4.69, 9.17) is 19.8 Å². The molecule has 0 aromatic carbocycles. The summed E-state index contributed by atoms with van der Waals surface area (Å²) in [6, 6.07) is 0. The molecule has 5 nitrogen and oxygen atoms in total. The molecule has 0 aliphatic heterocycles. The van der Waals surface area contributed by atoms with Crippen LogP contribution in [0.15, 0.2) is 0 Å². The molecule has 0 aliphatic carbocycles. The molecule has 0 bridgehead atoms. The van der Waals surface area contributed by atoms with E-state index in [0.717, 1.165) is 0 Å². The van der Waals surface area contributed by atoms with Gasteiger partial charge in [0.25, 0.3) is 12.3 Å². The number of carbonyl (C=O) groups excluding carboxylic acids is 2. The third kappa shape index (κ3) is 17.7. The van der Waals surface area contributed by atoms with Gasteiger partial charge in [0.2, 0.25) is 0 Å². The van der Waals surface area contributed by atoms with E-state index in [-0.39, 0.29) is 59.1 Å². The van der Waals surface area contributed by atoms with Crippen LogP contribution in [-0.2, 0) is 4.74 Å². The summed E-state index contributed by atoms with van der Waals surface area (Å²) in [5.41, 5.74) is 0. The molecule has 7 heteroatoms. The first-order valence-electron chi connectivity index (χ1n) is 1.22. The molecule has 0 saturated heterocycles. The number of carboxylic acid groups (broad SMARTS) is 2. The van der Waals surface area contributed by atoms with Gasteiger partial charge in [-0.25, -0.2) is 0 Å². The Morgan fingerprint density at radius 3 is 1.22 bits per heavy atom. The second-order valence-corrected chi connectivity index (χ2v) is 0.602. The largest absolute Gasteiger partial charge is 1.00 e. The fourth-order valence-electron chi connectivity index (χ4n) is 0.0680. The smallest absolute Gasteiger partial charge is 0.483 e. The predicted octanol–water partition coefficient (Wildman–Crippen LogP) is -8.30. The van der Waals surface area contributed by atoms with E-state index in [1.165, 1.54) is 0 Å². The Bertz CT molecular complexity index is 89.1. The van der Waals surface area contributed by atoms with Crippen LogP contribution >= 0.6 is 0 Å². The Kier molecular flexibility index (Phi) is 15.9. The number of hydrogen-bond donors (Lipinski definition) is 0. The molecule has 40 valence electrons. The summed E-state index contributed by atoms with van der Waals surface area (Å²) in [7, 11) is 0. The minimum Gasteiger partial charge on any atom is -0.483 e. The number of hydrogen-bond acceptors (Lipinski definition) is 5. The molecule has 9 heavy (non-hydrogen) atoms. The molecule has 0 heterocycles. The molecule has 0 N–H and O–H groups in total. The monoisotopic (exact) mass is 150 g/mol. The van der Waals surface area contributed by atoms with Crippen LogP contribution in [0.1, 0.15) is 0 Å². The summed E-state index contributed by atoms with van der Waals surface area (Å²) in [5.74, 6) is 0. The molecule has 0 rings (SSSR count). The van der Waals surface area contributed by atoms with Crippen molar-refractivity contribution in [1.82, 2.24) is 0 Å². The Morgan fingerprint density at radius 1 is 1.00 bits per heavy atom. The SMILES string of the molecule is O=C([O-])OC(=O)[O-].[Na+].[Na+]. The van der Waals surface area contributed by atoms with Gasteiger partial charge in [-0.2, -0.15) is 0 Å². The van der Waals surface area contributed by atoms with Gasteiger partial charge in [-0.3, -0.25) is 0 Å². The summed E-state index contributed by atoms with van der Waals surface area (Å²) < 4.78 is 2.86. The fourth-order valence-corrected chi connectivity index (χ4v) is 0.0680. The molecule has 0 aromatic heterocycles. The number of rotatable bonds is 0. The molecule has 0 spiro atoms. The standard InChI is InChI=1S/C2H2O5.2Na/c3-1(4)7-2(5)6;;/h(H,3,4)(H,5,6);;/q;2*+1/p-2. The minimum atomic E-state index is -2.12. The molecular formula is C2Na2O5. The van der Waals surface area contributed by atoms with Gasteiger partial charge < -0.3 is 24.5 Å². The minimum absolute atomic E-state index is 0. The van der Waals surface area contributed by atoms with Crippen LogP contribution in [0, 0.1) is 0 Å². The third-order valence-corrected chi connectivity index (χ3v) is 0.167.